The van der Waals surface area contributed by atoms with Crippen LogP contribution in [0.2, 0.25) is 0 Å². The van der Waals surface area contributed by atoms with E-state index in [1.165, 1.54) is 6.33 Å². The number of hydrogen-bond acceptors (Lipinski definition) is 7. The third-order valence-electron chi connectivity index (χ3n) is 5.04. The van der Waals surface area contributed by atoms with Crippen LogP contribution in [0, 0.1) is 6.92 Å². The maximum atomic E-state index is 13.3. The Hall–Kier alpha value is -3.26. The van der Waals surface area contributed by atoms with Crippen molar-refractivity contribution in [1.29, 1.82) is 0 Å². The molecule has 0 unspecified atom stereocenters. The fourth-order valence-corrected chi connectivity index (χ4v) is 3.39. The third kappa shape index (κ3) is 3.71. The van der Waals surface area contributed by atoms with Crippen molar-refractivity contribution in [3.05, 3.63) is 59.5 Å². The number of aryl methyl sites for hydroxylation is 1. The largest absolute Gasteiger partial charge is 0.491 e. The van der Waals surface area contributed by atoms with Gasteiger partial charge < -0.3 is 18.9 Å². The summed E-state index contributed by atoms with van der Waals surface area (Å²) in [7, 11) is 1.58. The highest BCUT2D eigenvalue weighted by atomic mass is 16.5. The van der Waals surface area contributed by atoms with Gasteiger partial charge in [0, 0.05) is 30.6 Å². The molecule has 0 spiro atoms. The predicted molar refractivity (Wildman–Crippen MR) is 104 cm³/mol. The SMILES string of the molecule is COCc1c(C(=O)N2Cc3cc(-c4cncnc4)ccc3OC[C@@H]2C)noc1C. The zero-order valence-electron chi connectivity index (χ0n) is 16.6. The number of carbonyl (C=O) groups is 1. The highest BCUT2D eigenvalue weighted by Gasteiger charge is 2.31. The Morgan fingerprint density at radius 1 is 1.28 bits per heavy atom. The number of methoxy groups -OCH3 is 1. The third-order valence-corrected chi connectivity index (χ3v) is 5.04. The van der Waals surface area contributed by atoms with Crippen molar-refractivity contribution < 1.29 is 18.8 Å². The van der Waals surface area contributed by atoms with E-state index in [0.29, 0.717) is 24.5 Å². The molecule has 1 aliphatic rings. The summed E-state index contributed by atoms with van der Waals surface area (Å²) in [6.45, 7) is 4.79. The Bertz CT molecular complexity index is 1020. The molecule has 0 bridgehead atoms. The molecular formula is C21H22N4O4. The number of fused-ring (bicyclic) bond motifs is 1. The number of nitrogens with zero attached hydrogens (tertiary/aromatic N) is 4. The average molecular weight is 394 g/mol. The van der Waals surface area contributed by atoms with Gasteiger partial charge in [-0.3, -0.25) is 4.79 Å². The normalized spacial score (nSPS) is 16.1. The molecule has 3 heterocycles. The van der Waals surface area contributed by atoms with Crippen LogP contribution < -0.4 is 4.74 Å². The molecule has 0 aliphatic carbocycles. The minimum absolute atomic E-state index is 0.134. The molecule has 8 nitrogen and oxygen atoms in total. The highest BCUT2D eigenvalue weighted by molar-refractivity contribution is 5.94. The smallest absolute Gasteiger partial charge is 0.277 e. The first-order valence-corrected chi connectivity index (χ1v) is 9.34. The predicted octanol–water partition coefficient (Wildman–Crippen LogP) is 3.01. The fraction of sp³-hybridized carbons (Fsp3) is 0.333. The second kappa shape index (κ2) is 8.00. The van der Waals surface area contributed by atoms with Crippen molar-refractivity contribution in [3.63, 3.8) is 0 Å². The molecule has 150 valence electrons. The van der Waals surface area contributed by atoms with Crippen molar-refractivity contribution >= 4 is 5.91 Å². The number of amides is 1. The van der Waals surface area contributed by atoms with Crippen LogP contribution in [0.1, 0.15) is 34.3 Å². The Balaban J connectivity index is 1.67. The van der Waals surface area contributed by atoms with Crippen LogP contribution in [0.4, 0.5) is 0 Å². The molecule has 0 saturated carbocycles. The quantitative estimate of drug-likeness (QED) is 0.672. The van der Waals surface area contributed by atoms with Gasteiger partial charge in [0.15, 0.2) is 5.69 Å². The van der Waals surface area contributed by atoms with Crippen molar-refractivity contribution in [3.8, 4) is 16.9 Å². The van der Waals surface area contributed by atoms with E-state index < -0.39 is 0 Å². The molecule has 8 heteroatoms. The van der Waals surface area contributed by atoms with Gasteiger partial charge in [-0.05, 0) is 31.5 Å². The van der Waals surface area contributed by atoms with Gasteiger partial charge in [0.05, 0.1) is 24.8 Å². The Morgan fingerprint density at radius 2 is 2.07 bits per heavy atom. The topological polar surface area (TPSA) is 90.6 Å². The van der Waals surface area contributed by atoms with E-state index in [2.05, 4.69) is 15.1 Å². The van der Waals surface area contributed by atoms with Crippen molar-refractivity contribution in [2.45, 2.75) is 33.0 Å². The molecule has 0 fully saturated rings. The van der Waals surface area contributed by atoms with Gasteiger partial charge in [0.1, 0.15) is 24.4 Å². The molecule has 29 heavy (non-hydrogen) atoms. The van der Waals surface area contributed by atoms with Gasteiger partial charge in [0.25, 0.3) is 5.91 Å². The zero-order chi connectivity index (χ0) is 20.4. The lowest BCUT2D eigenvalue weighted by atomic mass is 10.0. The van der Waals surface area contributed by atoms with Crippen LogP contribution in [0.25, 0.3) is 11.1 Å². The maximum Gasteiger partial charge on any atom is 0.277 e. The number of ether oxygens (including phenoxy) is 2. The summed E-state index contributed by atoms with van der Waals surface area (Å²) in [6.07, 6.45) is 5.01. The number of hydrogen-bond donors (Lipinski definition) is 0. The highest BCUT2D eigenvalue weighted by Crippen LogP contribution is 2.31. The average Bonchev–Trinajstić information content (AvgIpc) is 3.02. The second-order valence-electron chi connectivity index (χ2n) is 7.04. The Labute approximate surface area is 168 Å². The minimum atomic E-state index is -0.203. The second-order valence-corrected chi connectivity index (χ2v) is 7.04. The van der Waals surface area contributed by atoms with Gasteiger partial charge in [-0.2, -0.15) is 0 Å². The Kier molecular flexibility index (Phi) is 5.26. The summed E-state index contributed by atoms with van der Waals surface area (Å²) in [4.78, 5) is 23.2. The summed E-state index contributed by atoms with van der Waals surface area (Å²) >= 11 is 0. The summed E-state index contributed by atoms with van der Waals surface area (Å²) in [5.41, 5.74) is 3.74. The van der Waals surface area contributed by atoms with Crippen molar-refractivity contribution in [1.82, 2.24) is 20.0 Å². The molecule has 0 saturated heterocycles. The number of aromatic nitrogens is 3. The van der Waals surface area contributed by atoms with Crippen LogP contribution in [-0.2, 0) is 17.9 Å². The number of rotatable bonds is 4. The van der Waals surface area contributed by atoms with Crippen molar-refractivity contribution in [2.24, 2.45) is 0 Å². The van der Waals surface area contributed by atoms with E-state index in [9.17, 15) is 4.79 Å². The van der Waals surface area contributed by atoms with E-state index in [1.807, 2.05) is 25.1 Å². The zero-order valence-corrected chi connectivity index (χ0v) is 16.6. The summed E-state index contributed by atoms with van der Waals surface area (Å²) < 4.78 is 16.4. The van der Waals surface area contributed by atoms with Crippen LogP contribution in [0.5, 0.6) is 5.75 Å². The molecular weight excluding hydrogens is 372 g/mol. The maximum absolute atomic E-state index is 13.3. The molecule has 4 rings (SSSR count). The monoisotopic (exact) mass is 394 g/mol. The van der Waals surface area contributed by atoms with Gasteiger partial charge in [-0.1, -0.05) is 11.2 Å². The standard InChI is InChI=1S/C21H22N4O4/c1-13-10-28-19-5-4-15(17-7-22-12-23-8-17)6-16(19)9-25(13)21(26)20-18(11-27-3)14(2)29-24-20/h4-8,12-13H,9-11H2,1-3H3/t13-/m0/s1. The lowest BCUT2D eigenvalue weighted by Gasteiger charge is -2.25. The lowest BCUT2D eigenvalue weighted by Crippen LogP contribution is -2.40. The first-order chi connectivity index (χ1) is 14.1. The number of benzene rings is 1. The molecule has 0 radical (unpaired) electrons. The van der Waals surface area contributed by atoms with Gasteiger partial charge in [0.2, 0.25) is 0 Å². The van der Waals surface area contributed by atoms with E-state index in [1.54, 1.807) is 31.3 Å². The van der Waals surface area contributed by atoms with Gasteiger partial charge in [-0.25, -0.2) is 9.97 Å². The first kappa shape index (κ1) is 19.1. The first-order valence-electron chi connectivity index (χ1n) is 9.34. The van der Waals surface area contributed by atoms with Crippen LogP contribution in [0.15, 0.2) is 41.4 Å². The van der Waals surface area contributed by atoms with Gasteiger partial charge >= 0.3 is 0 Å². The summed E-state index contributed by atoms with van der Waals surface area (Å²) in [6, 6.07) is 5.77. The molecule has 3 aromatic rings. The molecule has 1 atom stereocenters. The van der Waals surface area contributed by atoms with Crippen molar-refractivity contribution in [2.75, 3.05) is 13.7 Å². The van der Waals surface area contributed by atoms with E-state index in [-0.39, 0.29) is 24.2 Å². The van der Waals surface area contributed by atoms with E-state index >= 15 is 0 Å². The van der Waals surface area contributed by atoms with Crippen LogP contribution >= 0.6 is 0 Å². The molecule has 2 aromatic heterocycles. The Morgan fingerprint density at radius 3 is 2.83 bits per heavy atom. The molecule has 1 aromatic carbocycles. The minimum Gasteiger partial charge on any atom is -0.491 e. The van der Waals surface area contributed by atoms with Gasteiger partial charge in [-0.15, -0.1) is 0 Å². The summed E-state index contributed by atoms with van der Waals surface area (Å²) in [5.74, 6) is 1.15. The van der Waals surface area contributed by atoms with Crippen LogP contribution in [-0.4, -0.2) is 45.7 Å². The van der Waals surface area contributed by atoms with E-state index in [4.69, 9.17) is 14.0 Å². The lowest BCUT2D eigenvalue weighted by molar-refractivity contribution is 0.0631. The van der Waals surface area contributed by atoms with Crippen LogP contribution in [0.3, 0.4) is 0 Å². The summed E-state index contributed by atoms with van der Waals surface area (Å²) in [5, 5.41) is 3.99. The van der Waals surface area contributed by atoms with E-state index in [0.717, 1.165) is 22.4 Å². The molecule has 0 N–H and O–H groups in total. The molecule has 1 amide bonds. The number of carbonyl (C=O) groups excluding carboxylic acids is 1. The molecule has 1 aliphatic heterocycles. The fourth-order valence-electron chi connectivity index (χ4n) is 3.39.